The highest BCUT2D eigenvalue weighted by atomic mass is 19.1. The van der Waals surface area contributed by atoms with Gasteiger partial charge in [-0.25, -0.2) is 4.39 Å². The van der Waals surface area contributed by atoms with Crippen molar-refractivity contribution in [1.82, 2.24) is 9.78 Å². The Morgan fingerprint density at radius 3 is 2.62 bits per heavy atom. The third-order valence-electron chi connectivity index (χ3n) is 2.85. The first kappa shape index (κ1) is 14.5. The van der Waals surface area contributed by atoms with E-state index in [4.69, 9.17) is 5.53 Å². The largest absolute Gasteiger partial charge is 0.287 e. The average Bonchev–Trinajstić information content (AvgIpc) is 2.75. The average molecular weight is 285 g/mol. The Kier molecular flexibility index (Phi) is 4.15. The molecule has 0 fully saturated rings. The number of carbonyl (C=O) groups excluding carboxylic acids is 1. The number of benzene rings is 1. The van der Waals surface area contributed by atoms with E-state index in [1.807, 2.05) is 6.92 Å². The number of carbonyl (C=O) groups is 1. The predicted octanol–water partition coefficient (Wildman–Crippen LogP) is 3.25. The lowest BCUT2D eigenvalue weighted by Gasteiger charge is -2.04. The quantitative estimate of drug-likeness (QED) is 0.375. The van der Waals surface area contributed by atoms with Crippen molar-refractivity contribution in [2.24, 2.45) is 12.2 Å². The van der Waals surface area contributed by atoms with Gasteiger partial charge in [-0.05, 0) is 47.4 Å². The van der Waals surface area contributed by atoms with E-state index < -0.39 is 11.7 Å². The van der Waals surface area contributed by atoms with Crippen molar-refractivity contribution in [2.75, 3.05) is 0 Å². The summed E-state index contributed by atoms with van der Waals surface area (Å²) in [5, 5.41) is 7.28. The third kappa shape index (κ3) is 3.34. The molecule has 6 nitrogen and oxygen atoms in total. The number of rotatable bonds is 3. The van der Waals surface area contributed by atoms with Crippen LogP contribution in [0.2, 0.25) is 0 Å². The molecule has 21 heavy (non-hydrogen) atoms. The van der Waals surface area contributed by atoms with Crippen LogP contribution in [0, 0.1) is 12.7 Å². The first-order valence-corrected chi connectivity index (χ1v) is 6.09. The normalized spacial score (nSPS) is 11.1. The van der Waals surface area contributed by atoms with E-state index in [2.05, 4.69) is 15.1 Å². The van der Waals surface area contributed by atoms with Crippen molar-refractivity contribution in [2.45, 2.75) is 6.92 Å². The summed E-state index contributed by atoms with van der Waals surface area (Å²) in [6, 6.07) is 7.17. The molecule has 0 radical (unpaired) electrons. The van der Waals surface area contributed by atoms with E-state index in [0.717, 1.165) is 5.69 Å². The van der Waals surface area contributed by atoms with E-state index in [-0.39, 0.29) is 5.57 Å². The summed E-state index contributed by atoms with van der Waals surface area (Å²) >= 11 is 0. The molecule has 1 aromatic carbocycles. The molecule has 0 bridgehead atoms. The van der Waals surface area contributed by atoms with Gasteiger partial charge in [0.1, 0.15) is 5.82 Å². The summed E-state index contributed by atoms with van der Waals surface area (Å²) in [5.74, 6) is -1.14. The number of aryl methyl sites for hydroxylation is 2. The van der Waals surface area contributed by atoms with Crippen molar-refractivity contribution in [1.29, 1.82) is 0 Å². The molecule has 0 aliphatic carbocycles. The Morgan fingerprint density at radius 2 is 2.10 bits per heavy atom. The van der Waals surface area contributed by atoms with Gasteiger partial charge < -0.3 is 0 Å². The second-order valence-corrected chi connectivity index (χ2v) is 4.39. The monoisotopic (exact) mass is 285 g/mol. The Balaban J connectivity index is 2.55. The van der Waals surface area contributed by atoms with Crippen LogP contribution in [-0.4, -0.2) is 15.7 Å². The van der Waals surface area contributed by atoms with Crippen LogP contribution >= 0.6 is 0 Å². The Bertz CT molecular complexity index is 754. The van der Waals surface area contributed by atoms with Gasteiger partial charge in [0.15, 0.2) is 0 Å². The highest BCUT2D eigenvalue weighted by Crippen LogP contribution is 2.20. The zero-order valence-electron chi connectivity index (χ0n) is 11.5. The number of hydrogen-bond acceptors (Lipinski definition) is 2. The van der Waals surface area contributed by atoms with Gasteiger partial charge in [-0.15, -0.1) is 0 Å². The number of nitrogens with zero attached hydrogens (tertiary/aromatic N) is 5. The van der Waals surface area contributed by atoms with Crippen LogP contribution in [0.15, 0.2) is 35.4 Å². The molecule has 0 aliphatic heterocycles. The molecule has 7 heteroatoms. The van der Waals surface area contributed by atoms with E-state index in [0.29, 0.717) is 11.3 Å². The maximum absolute atomic E-state index is 13.0. The fourth-order valence-electron chi connectivity index (χ4n) is 1.91. The summed E-state index contributed by atoms with van der Waals surface area (Å²) in [6.45, 7) is 1.82. The van der Waals surface area contributed by atoms with Crippen LogP contribution < -0.4 is 0 Å². The fourth-order valence-corrected chi connectivity index (χ4v) is 1.91. The minimum atomic E-state index is -0.733. The highest BCUT2D eigenvalue weighted by Gasteiger charge is 2.12. The standard InChI is InChI=1S/C14H12FN5O/c1-9-7-12(20(2)18-9)8-13(14(21)17-19-16)10-3-5-11(15)6-4-10/h3-8H,1-2H3. The molecule has 1 aromatic heterocycles. The Hall–Kier alpha value is -2.92. The molecule has 0 saturated carbocycles. The van der Waals surface area contributed by atoms with Gasteiger partial charge in [-0.1, -0.05) is 12.1 Å². The molecule has 0 aliphatic rings. The van der Waals surface area contributed by atoms with Gasteiger partial charge >= 0.3 is 0 Å². The Morgan fingerprint density at radius 1 is 1.43 bits per heavy atom. The predicted molar refractivity (Wildman–Crippen MR) is 76.4 cm³/mol. The van der Waals surface area contributed by atoms with Gasteiger partial charge in [-0.2, -0.15) is 5.10 Å². The van der Waals surface area contributed by atoms with Crippen LogP contribution in [0.4, 0.5) is 4.39 Å². The van der Waals surface area contributed by atoms with Crippen LogP contribution in [0.5, 0.6) is 0 Å². The lowest BCUT2D eigenvalue weighted by atomic mass is 10.0. The van der Waals surface area contributed by atoms with Crippen LogP contribution in [-0.2, 0) is 11.8 Å². The molecule has 0 spiro atoms. The van der Waals surface area contributed by atoms with Crippen LogP contribution in [0.3, 0.4) is 0 Å². The first-order chi connectivity index (χ1) is 10.0. The summed E-state index contributed by atoms with van der Waals surface area (Å²) < 4.78 is 14.6. The topological polar surface area (TPSA) is 83.6 Å². The molecule has 2 rings (SSSR count). The van der Waals surface area contributed by atoms with E-state index in [9.17, 15) is 9.18 Å². The van der Waals surface area contributed by atoms with Crippen LogP contribution in [0.25, 0.3) is 22.1 Å². The number of aromatic nitrogens is 2. The number of azide groups is 1. The minimum Gasteiger partial charge on any atom is -0.287 e. The number of amides is 1. The minimum absolute atomic E-state index is 0.177. The summed E-state index contributed by atoms with van der Waals surface area (Å²) in [6.07, 6.45) is 1.56. The lowest BCUT2D eigenvalue weighted by molar-refractivity contribution is -0.112. The summed E-state index contributed by atoms with van der Waals surface area (Å²) in [7, 11) is 1.74. The van der Waals surface area contributed by atoms with E-state index >= 15 is 0 Å². The number of hydrogen-bond donors (Lipinski definition) is 0. The lowest BCUT2D eigenvalue weighted by Crippen LogP contribution is -2.00. The molecule has 0 saturated heterocycles. The van der Waals surface area contributed by atoms with Crippen molar-refractivity contribution in [3.63, 3.8) is 0 Å². The second kappa shape index (κ2) is 6.02. The van der Waals surface area contributed by atoms with Gasteiger partial charge in [0.25, 0.3) is 0 Å². The zero-order valence-corrected chi connectivity index (χ0v) is 11.5. The molecule has 1 heterocycles. The van der Waals surface area contributed by atoms with E-state index in [1.54, 1.807) is 23.9 Å². The summed E-state index contributed by atoms with van der Waals surface area (Å²) in [4.78, 5) is 14.4. The van der Waals surface area contributed by atoms with Gasteiger partial charge in [-0.3, -0.25) is 9.48 Å². The van der Waals surface area contributed by atoms with Gasteiger partial charge in [0, 0.05) is 17.5 Å². The molecular formula is C14H12FN5O. The second-order valence-electron chi connectivity index (χ2n) is 4.39. The molecule has 0 unspecified atom stereocenters. The van der Waals surface area contributed by atoms with E-state index in [1.165, 1.54) is 24.3 Å². The van der Waals surface area contributed by atoms with Crippen molar-refractivity contribution >= 4 is 17.6 Å². The summed E-state index contributed by atoms with van der Waals surface area (Å²) in [5.41, 5.74) is 10.5. The Labute approximate surface area is 120 Å². The zero-order chi connectivity index (χ0) is 15.4. The molecule has 106 valence electrons. The van der Waals surface area contributed by atoms with Crippen LogP contribution in [0.1, 0.15) is 17.0 Å². The van der Waals surface area contributed by atoms with Crippen molar-refractivity contribution < 1.29 is 9.18 Å². The SMILES string of the molecule is Cc1cc(C=C(C(=O)N=[N+]=[N-])c2ccc(F)cc2)n(C)n1. The van der Waals surface area contributed by atoms with Crippen molar-refractivity contribution in [3.8, 4) is 0 Å². The first-order valence-electron chi connectivity index (χ1n) is 6.09. The smallest absolute Gasteiger partial charge is 0.249 e. The third-order valence-corrected chi connectivity index (χ3v) is 2.85. The molecule has 0 N–H and O–H groups in total. The van der Waals surface area contributed by atoms with Gasteiger partial charge in [0.05, 0.1) is 11.4 Å². The molecule has 0 atom stereocenters. The maximum Gasteiger partial charge on any atom is 0.249 e. The molecule has 1 amide bonds. The highest BCUT2D eigenvalue weighted by molar-refractivity contribution is 6.24. The molecular weight excluding hydrogens is 273 g/mol. The molecule has 2 aromatic rings. The maximum atomic E-state index is 13.0. The van der Waals surface area contributed by atoms with Gasteiger partial charge in [0.2, 0.25) is 5.91 Å². The van der Waals surface area contributed by atoms with Crippen molar-refractivity contribution in [3.05, 3.63) is 63.5 Å². The fraction of sp³-hybridized carbons (Fsp3) is 0.143. The number of halogens is 1.